The predicted octanol–water partition coefficient (Wildman–Crippen LogP) is 2.91. The molecule has 4 N–H and O–H groups in total. The minimum absolute atomic E-state index is 0.0243. The lowest BCUT2D eigenvalue weighted by Crippen LogP contribution is -2.43. The molecule has 3 heterocycles. The maximum atomic E-state index is 13.5. The van der Waals surface area contributed by atoms with Crippen LogP contribution < -0.4 is 5.73 Å². The lowest BCUT2D eigenvalue weighted by molar-refractivity contribution is -0.139. The Bertz CT molecular complexity index is 1050. The number of hydrogen-bond acceptors (Lipinski definition) is 5. The van der Waals surface area contributed by atoms with E-state index in [2.05, 4.69) is 15.2 Å². The number of carbonyl (C=O) groups is 1. The molecule has 0 saturated carbocycles. The second-order valence-electron chi connectivity index (χ2n) is 7.03. The van der Waals surface area contributed by atoms with Gasteiger partial charge in [0.15, 0.2) is 11.3 Å². The lowest BCUT2D eigenvalue weighted by Gasteiger charge is -2.30. The fourth-order valence-corrected chi connectivity index (χ4v) is 3.46. The quantitative estimate of drug-likeness (QED) is 0.608. The van der Waals surface area contributed by atoms with E-state index >= 15 is 0 Å². The Morgan fingerprint density at radius 3 is 2.48 bits per heavy atom. The zero-order chi connectivity index (χ0) is 20.8. The molecule has 1 amide bonds. The van der Waals surface area contributed by atoms with Crippen LogP contribution in [-0.2, 0) is 6.18 Å². The summed E-state index contributed by atoms with van der Waals surface area (Å²) >= 11 is 0. The first kappa shape index (κ1) is 19.2. The Balaban J connectivity index is 1.87. The molecule has 2 aromatic heterocycles. The minimum Gasteiger partial charge on any atom is -0.508 e. The Labute approximate surface area is 163 Å². The molecular formula is C19H18F3N5O2. The molecule has 0 radical (unpaired) electrons. The molecule has 1 aliphatic heterocycles. The number of aromatic amines is 1. The number of likely N-dealkylation sites (tertiary alicyclic amines) is 1. The number of rotatable bonds is 2. The van der Waals surface area contributed by atoms with Crippen LogP contribution in [0.4, 0.5) is 13.2 Å². The highest BCUT2D eigenvalue weighted by atomic mass is 19.4. The van der Waals surface area contributed by atoms with Gasteiger partial charge in [0.2, 0.25) is 0 Å². The molecule has 1 aliphatic rings. The van der Waals surface area contributed by atoms with Gasteiger partial charge in [0, 0.05) is 24.7 Å². The van der Waals surface area contributed by atoms with Crippen molar-refractivity contribution in [1.82, 2.24) is 20.1 Å². The van der Waals surface area contributed by atoms with E-state index in [0.29, 0.717) is 37.2 Å². The van der Waals surface area contributed by atoms with Gasteiger partial charge < -0.3 is 15.7 Å². The van der Waals surface area contributed by atoms with Crippen molar-refractivity contribution in [3.05, 3.63) is 41.6 Å². The summed E-state index contributed by atoms with van der Waals surface area (Å²) in [5, 5.41) is 14.8. The number of phenols is 1. The number of alkyl halides is 3. The molecule has 3 aromatic rings. The summed E-state index contributed by atoms with van der Waals surface area (Å²) in [7, 11) is 0. The van der Waals surface area contributed by atoms with Crippen LogP contribution in [0.25, 0.3) is 22.3 Å². The van der Waals surface area contributed by atoms with Crippen LogP contribution in [0.3, 0.4) is 0 Å². The number of nitrogens with zero attached hydrogens (tertiary/aromatic N) is 3. The van der Waals surface area contributed by atoms with Crippen LogP contribution >= 0.6 is 0 Å². The molecule has 10 heteroatoms. The molecule has 0 unspecified atom stereocenters. The van der Waals surface area contributed by atoms with Gasteiger partial charge in [-0.25, -0.2) is 4.98 Å². The average molecular weight is 405 g/mol. The highest BCUT2D eigenvalue weighted by molar-refractivity contribution is 6.07. The van der Waals surface area contributed by atoms with Crippen LogP contribution in [0.5, 0.6) is 5.75 Å². The van der Waals surface area contributed by atoms with Crippen molar-refractivity contribution in [3.63, 3.8) is 0 Å². The highest BCUT2D eigenvalue weighted by Gasteiger charge is 2.38. The van der Waals surface area contributed by atoms with Gasteiger partial charge in [-0.2, -0.15) is 18.3 Å². The smallest absolute Gasteiger partial charge is 0.435 e. The van der Waals surface area contributed by atoms with Crippen LogP contribution in [0.1, 0.15) is 28.9 Å². The maximum Gasteiger partial charge on any atom is 0.435 e. The third kappa shape index (κ3) is 3.63. The molecule has 0 bridgehead atoms. The first-order valence-corrected chi connectivity index (χ1v) is 9.04. The van der Waals surface area contributed by atoms with Crippen LogP contribution in [0.15, 0.2) is 30.3 Å². The van der Waals surface area contributed by atoms with Crippen molar-refractivity contribution < 1.29 is 23.1 Å². The van der Waals surface area contributed by atoms with E-state index < -0.39 is 17.8 Å². The molecule has 1 saturated heterocycles. The van der Waals surface area contributed by atoms with Crippen molar-refractivity contribution in [2.75, 3.05) is 13.1 Å². The van der Waals surface area contributed by atoms with Gasteiger partial charge in [-0.15, -0.1) is 0 Å². The SMILES string of the molecule is NC1CCN(C(=O)c2cc(-c3ccc(O)cc3)nc3[nH]nc(C(F)(F)F)c23)CC1. The van der Waals surface area contributed by atoms with Gasteiger partial charge in [-0.05, 0) is 43.2 Å². The van der Waals surface area contributed by atoms with Gasteiger partial charge in [-0.3, -0.25) is 9.89 Å². The van der Waals surface area contributed by atoms with E-state index in [1.54, 1.807) is 12.1 Å². The van der Waals surface area contributed by atoms with Crippen molar-refractivity contribution in [2.45, 2.75) is 25.1 Å². The number of hydrogen-bond donors (Lipinski definition) is 3. The second-order valence-corrected chi connectivity index (χ2v) is 7.03. The number of aromatic hydroxyl groups is 1. The molecule has 1 aromatic carbocycles. The topological polar surface area (TPSA) is 108 Å². The van der Waals surface area contributed by atoms with Crippen molar-refractivity contribution in [3.8, 4) is 17.0 Å². The molecule has 4 rings (SSSR count). The zero-order valence-electron chi connectivity index (χ0n) is 15.2. The van der Waals surface area contributed by atoms with Gasteiger partial charge in [0.25, 0.3) is 5.91 Å². The number of phenolic OH excluding ortho intramolecular Hbond substituents is 1. The first-order chi connectivity index (χ1) is 13.7. The maximum absolute atomic E-state index is 13.5. The van der Waals surface area contributed by atoms with E-state index in [1.165, 1.54) is 23.1 Å². The Hall–Kier alpha value is -3.14. The number of fused-ring (bicyclic) bond motifs is 1. The summed E-state index contributed by atoms with van der Waals surface area (Å²) in [4.78, 5) is 18.9. The number of amides is 1. The van der Waals surface area contributed by atoms with Crippen LogP contribution in [0.2, 0.25) is 0 Å². The number of aromatic nitrogens is 3. The predicted molar refractivity (Wildman–Crippen MR) is 99.1 cm³/mol. The van der Waals surface area contributed by atoms with E-state index in [9.17, 15) is 23.1 Å². The van der Waals surface area contributed by atoms with Gasteiger partial charge in [0.05, 0.1) is 16.6 Å². The normalized spacial score (nSPS) is 15.8. The third-order valence-electron chi connectivity index (χ3n) is 5.02. The summed E-state index contributed by atoms with van der Waals surface area (Å²) < 4.78 is 40.4. The van der Waals surface area contributed by atoms with E-state index in [-0.39, 0.29) is 28.4 Å². The number of H-pyrrole nitrogens is 1. The molecule has 0 atom stereocenters. The van der Waals surface area contributed by atoms with Gasteiger partial charge in [-0.1, -0.05) is 0 Å². The molecule has 0 spiro atoms. The number of piperidine rings is 1. The van der Waals surface area contributed by atoms with E-state index in [1.807, 2.05) is 0 Å². The summed E-state index contributed by atoms with van der Waals surface area (Å²) in [6.07, 6.45) is -3.57. The van der Waals surface area contributed by atoms with Crippen molar-refractivity contribution in [2.24, 2.45) is 5.73 Å². The number of halogens is 3. The molecule has 1 fully saturated rings. The molecule has 152 valence electrons. The summed E-state index contributed by atoms with van der Waals surface area (Å²) in [5.41, 5.74) is 5.30. The molecule has 0 aliphatic carbocycles. The molecular weight excluding hydrogens is 387 g/mol. The summed E-state index contributed by atoms with van der Waals surface area (Å²) in [5.74, 6) is -0.479. The number of pyridine rings is 1. The number of nitrogens with one attached hydrogen (secondary N) is 1. The fraction of sp³-hybridized carbons (Fsp3) is 0.316. The first-order valence-electron chi connectivity index (χ1n) is 9.04. The highest BCUT2D eigenvalue weighted by Crippen LogP contribution is 2.36. The Morgan fingerprint density at radius 1 is 1.21 bits per heavy atom. The Kier molecular flexibility index (Phi) is 4.65. The number of benzene rings is 1. The van der Waals surface area contributed by atoms with Gasteiger partial charge >= 0.3 is 6.18 Å². The molecule has 7 nitrogen and oxygen atoms in total. The Morgan fingerprint density at radius 2 is 1.86 bits per heavy atom. The van der Waals surface area contributed by atoms with E-state index in [4.69, 9.17) is 5.73 Å². The zero-order valence-corrected chi connectivity index (χ0v) is 15.2. The van der Waals surface area contributed by atoms with E-state index in [0.717, 1.165) is 0 Å². The lowest BCUT2D eigenvalue weighted by atomic mass is 10.0. The second kappa shape index (κ2) is 7.03. The number of nitrogens with two attached hydrogens (primary N) is 1. The largest absolute Gasteiger partial charge is 0.508 e. The standard InChI is InChI=1S/C19H18F3N5O2/c20-19(21,22)16-15-13(18(29)27-7-5-11(23)6-8-27)9-14(24-17(15)26-25-16)10-1-3-12(28)4-2-10/h1-4,9,11,28H,5-8,23H2,(H,24,25,26). The van der Waals surface area contributed by atoms with Gasteiger partial charge in [0.1, 0.15) is 5.75 Å². The third-order valence-corrected chi connectivity index (χ3v) is 5.02. The number of carbonyl (C=O) groups excluding carboxylic acids is 1. The summed E-state index contributed by atoms with van der Waals surface area (Å²) in [6, 6.07) is 7.32. The monoisotopic (exact) mass is 405 g/mol. The van der Waals surface area contributed by atoms with Crippen molar-refractivity contribution >= 4 is 16.9 Å². The summed E-state index contributed by atoms with van der Waals surface area (Å²) in [6.45, 7) is 0.745. The van der Waals surface area contributed by atoms with Crippen LogP contribution in [-0.4, -0.2) is 50.2 Å². The van der Waals surface area contributed by atoms with Crippen molar-refractivity contribution in [1.29, 1.82) is 0 Å². The fourth-order valence-electron chi connectivity index (χ4n) is 3.46. The van der Waals surface area contributed by atoms with Crippen LogP contribution in [0, 0.1) is 0 Å². The average Bonchev–Trinajstić information content (AvgIpc) is 3.12. The minimum atomic E-state index is -4.74. The molecule has 29 heavy (non-hydrogen) atoms.